The van der Waals surface area contributed by atoms with Gasteiger partial charge in [-0.1, -0.05) is 38.1 Å². The molecule has 0 fully saturated rings. The topological polar surface area (TPSA) is 40.8 Å². The summed E-state index contributed by atoms with van der Waals surface area (Å²) in [5, 5.41) is 11.5. The molecule has 4 rings (SSSR count). The van der Waals surface area contributed by atoms with E-state index in [1.165, 1.54) is 16.7 Å². The minimum atomic E-state index is 0.575. The van der Waals surface area contributed by atoms with E-state index >= 15 is 0 Å². The van der Waals surface area contributed by atoms with Crippen molar-refractivity contribution in [1.82, 2.24) is 0 Å². The minimum absolute atomic E-state index is 0.575. The smallest absolute Gasteiger partial charge is 0.216 e. The highest BCUT2D eigenvalue weighted by Crippen LogP contribution is 2.38. The number of pyridine rings is 1. The monoisotopic (exact) mass is 369 g/mol. The molecule has 3 nitrogen and oxygen atoms in total. The third-order valence-electron chi connectivity index (χ3n) is 5.46. The average molecular weight is 369 g/mol. The van der Waals surface area contributed by atoms with Gasteiger partial charge in [0.05, 0.1) is 11.1 Å². The summed E-state index contributed by atoms with van der Waals surface area (Å²) in [7, 11) is 2.09. The molecule has 2 aromatic heterocycles. The highest BCUT2D eigenvalue weighted by Gasteiger charge is 2.23. The number of hydrogen-bond acceptors (Lipinski definition) is 2. The van der Waals surface area contributed by atoms with Crippen LogP contribution in [0.2, 0.25) is 0 Å². The van der Waals surface area contributed by atoms with Gasteiger partial charge in [-0.25, -0.2) is 4.57 Å². The van der Waals surface area contributed by atoms with E-state index in [1.807, 2.05) is 18.2 Å². The first-order valence-electron chi connectivity index (χ1n) is 9.75. The Bertz CT molecular complexity index is 1260. The summed E-state index contributed by atoms with van der Waals surface area (Å²) in [6.07, 6.45) is 3.25. The normalized spacial score (nSPS) is 11.5. The largest absolute Gasteiger partial charge is 0.454 e. The van der Waals surface area contributed by atoms with Gasteiger partial charge in [0.1, 0.15) is 18.7 Å². The van der Waals surface area contributed by atoms with Crippen LogP contribution in [0.3, 0.4) is 0 Å². The summed E-state index contributed by atoms with van der Waals surface area (Å²) in [4.78, 5) is 0. The van der Waals surface area contributed by atoms with Crippen molar-refractivity contribution in [1.29, 1.82) is 5.26 Å². The zero-order chi connectivity index (χ0) is 20.0. The van der Waals surface area contributed by atoms with Crippen LogP contribution in [0, 0.1) is 31.1 Å². The quantitative estimate of drug-likeness (QED) is 0.431. The number of aryl methyl sites for hydroxylation is 3. The Morgan fingerprint density at radius 2 is 1.79 bits per heavy atom. The first-order valence-corrected chi connectivity index (χ1v) is 9.75. The first-order chi connectivity index (χ1) is 13.4. The van der Waals surface area contributed by atoms with Gasteiger partial charge in [-0.3, -0.25) is 0 Å². The van der Waals surface area contributed by atoms with Gasteiger partial charge >= 0.3 is 0 Å². The van der Waals surface area contributed by atoms with Crippen molar-refractivity contribution in [3.63, 3.8) is 0 Å². The highest BCUT2D eigenvalue weighted by atomic mass is 16.3. The van der Waals surface area contributed by atoms with Crippen LogP contribution in [-0.2, 0) is 13.5 Å². The van der Waals surface area contributed by atoms with Crippen LogP contribution < -0.4 is 4.57 Å². The maximum atomic E-state index is 9.48. The van der Waals surface area contributed by atoms with Crippen LogP contribution in [0.5, 0.6) is 0 Å². The van der Waals surface area contributed by atoms with E-state index in [-0.39, 0.29) is 0 Å². The molecule has 0 saturated carbocycles. The van der Waals surface area contributed by atoms with Gasteiger partial charge in [-0.2, -0.15) is 5.26 Å². The fourth-order valence-electron chi connectivity index (χ4n) is 4.10. The third kappa shape index (κ3) is 2.86. The van der Waals surface area contributed by atoms with Crippen LogP contribution in [0.25, 0.3) is 33.2 Å². The Morgan fingerprint density at radius 1 is 1.04 bits per heavy atom. The van der Waals surface area contributed by atoms with Gasteiger partial charge < -0.3 is 4.42 Å². The van der Waals surface area contributed by atoms with Gasteiger partial charge in [0, 0.05) is 22.4 Å². The maximum absolute atomic E-state index is 9.48. The molecular weight excluding hydrogens is 344 g/mol. The molecule has 0 aliphatic heterocycles. The predicted molar refractivity (Wildman–Crippen MR) is 113 cm³/mol. The molecule has 0 aliphatic carbocycles. The number of benzene rings is 2. The molecule has 0 spiro atoms. The molecule has 0 aliphatic rings. The average Bonchev–Trinajstić information content (AvgIpc) is 3.02. The predicted octanol–water partition coefficient (Wildman–Crippen LogP) is 5.76. The van der Waals surface area contributed by atoms with E-state index < -0.39 is 0 Å². The zero-order valence-electron chi connectivity index (χ0n) is 17.1. The lowest BCUT2D eigenvalue weighted by Gasteiger charge is -2.11. The van der Waals surface area contributed by atoms with Gasteiger partial charge in [0.2, 0.25) is 5.69 Å². The van der Waals surface area contributed by atoms with Crippen LogP contribution in [0.4, 0.5) is 0 Å². The van der Waals surface area contributed by atoms with Gasteiger partial charge in [0.25, 0.3) is 0 Å². The second kappa shape index (κ2) is 6.80. The summed E-state index contributed by atoms with van der Waals surface area (Å²) >= 11 is 0. The summed E-state index contributed by atoms with van der Waals surface area (Å²) in [6, 6.07) is 14.6. The van der Waals surface area contributed by atoms with Crippen molar-refractivity contribution in [3.8, 4) is 17.3 Å². The van der Waals surface area contributed by atoms with Gasteiger partial charge in [-0.05, 0) is 43.4 Å². The third-order valence-corrected chi connectivity index (χ3v) is 5.46. The second-order valence-electron chi connectivity index (χ2n) is 8.11. The van der Waals surface area contributed by atoms with Crippen LogP contribution in [0.15, 0.2) is 47.0 Å². The van der Waals surface area contributed by atoms with E-state index in [9.17, 15) is 5.26 Å². The molecule has 2 aromatic carbocycles. The maximum Gasteiger partial charge on any atom is 0.216 e. The molecule has 0 amide bonds. The lowest BCUT2D eigenvalue weighted by molar-refractivity contribution is -0.660. The Balaban J connectivity index is 2.07. The minimum Gasteiger partial charge on any atom is -0.454 e. The lowest BCUT2D eigenvalue weighted by Crippen LogP contribution is -2.32. The molecule has 0 radical (unpaired) electrons. The number of hydrogen-bond donors (Lipinski definition) is 0. The number of para-hydroxylation sites is 1. The zero-order valence-corrected chi connectivity index (χ0v) is 17.1. The van der Waals surface area contributed by atoms with Crippen molar-refractivity contribution in [2.24, 2.45) is 13.0 Å². The molecule has 3 heteroatoms. The van der Waals surface area contributed by atoms with E-state index in [2.05, 4.69) is 69.8 Å². The number of furan rings is 1. The molecule has 2 heterocycles. The van der Waals surface area contributed by atoms with Crippen molar-refractivity contribution in [2.75, 3.05) is 0 Å². The van der Waals surface area contributed by atoms with Crippen LogP contribution in [-0.4, -0.2) is 0 Å². The molecule has 0 N–H and O–H groups in total. The summed E-state index contributed by atoms with van der Waals surface area (Å²) in [5.74, 6) is 0.598. The summed E-state index contributed by atoms with van der Waals surface area (Å²) in [5.41, 5.74) is 8.18. The fraction of sp³-hybridized carbons (Fsp3) is 0.280. The first kappa shape index (κ1) is 18.3. The standard InChI is InChI=1S/C25H25N2O/c1-15(2)11-19-12-22(27(5)14-17(19)4)23-16(3)9-10-21-20-8-6-7-18(13-26)24(20)28-25(21)23/h6-10,12,14-15H,11H2,1-5H3/q+1. The lowest BCUT2D eigenvalue weighted by atomic mass is 9.95. The number of rotatable bonds is 3. The van der Waals surface area contributed by atoms with Crippen molar-refractivity contribution in [2.45, 2.75) is 34.1 Å². The molecule has 140 valence electrons. The number of nitriles is 1. The summed E-state index contributed by atoms with van der Waals surface area (Å²) in [6.45, 7) is 8.80. The fourth-order valence-corrected chi connectivity index (χ4v) is 4.10. The molecular formula is C25H25N2O+. The van der Waals surface area contributed by atoms with Crippen molar-refractivity contribution >= 4 is 21.9 Å². The Morgan fingerprint density at radius 3 is 2.50 bits per heavy atom. The number of nitrogens with zero attached hydrogens (tertiary/aromatic N) is 2. The second-order valence-corrected chi connectivity index (χ2v) is 8.11. The van der Waals surface area contributed by atoms with E-state index in [0.717, 1.165) is 34.0 Å². The molecule has 28 heavy (non-hydrogen) atoms. The van der Waals surface area contributed by atoms with Crippen LogP contribution >= 0.6 is 0 Å². The number of fused-ring (bicyclic) bond motifs is 3. The van der Waals surface area contributed by atoms with E-state index in [0.29, 0.717) is 17.1 Å². The van der Waals surface area contributed by atoms with Crippen molar-refractivity contribution < 1.29 is 8.98 Å². The molecule has 0 saturated heterocycles. The van der Waals surface area contributed by atoms with Gasteiger partial charge in [-0.15, -0.1) is 0 Å². The van der Waals surface area contributed by atoms with E-state index in [4.69, 9.17) is 4.42 Å². The van der Waals surface area contributed by atoms with Crippen molar-refractivity contribution in [3.05, 3.63) is 64.8 Å². The van der Waals surface area contributed by atoms with Gasteiger partial charge in [0.15, 0.2) is 11.8 Å². The Labute approximate surface area is 165 Å². The number of aromatic nitrogens is 1. The molecule has 0 bridgehead atoms. The SMILES string of the molecule is Cc1c[n+](C)c(-c2c(C)ccc3c2oc2c(C#N)cccc23)cc1CC(C)C. The molecule has 4 aromatic rings. The highest BCUT2D eigenvalue weighted by molar-refractivity contribution is 6.10. The summed E-state index contributed by atoms with van der Waals surface area (Å²) < 4.78 is 8.49. The molecule has 0 atom stereocenters. The van der Waals surface area contributed by atoms with Crippen LogP contribution in [0.1, 0.15) is 36.1 Å². The Kier molecular flexibility index (Phi) is 4.43. The molecule has 0 unspecified atom stereocenters. The van der Waals surface area contributed by atoms with E-state index in [1.54, 1.807) is 0 Å². The Hall–Kier alpha value is -3.12.